The average molecular weight is 299 g/mol. The zero-order chi connectivity index (χ0) is 15.7. The first-order chi connectivity index (χ1) is 10.6. The first-order valence-electron chi connectivity index (χ1n) is 6.71. The predicted octanol–water partition coefficient (Wildman–Crippen LogP) is 0.760. The van der Waals surface area contributed by atoms with E-state index in [9.17, 15) is 9.59 Å². The topological polar surface area (TPSA) is 91.4 Å². The number of rotatable bonds is 3. The van der Waals surface area contributed by atoms with E-state index < -0.39 is 11.7 Å². The van der Waals surface area contributed by atoms with Crippen molar-refractivity contribution >= 4 is 11.6 Å². The number of ether oxygens (including phenoxy) is 1. The van der Waals surface area contributed by atoms with Crippen LogP contribution in [0.3, 0.4) is 0 Å². The number of esters is 1. The molecule has 0 atom stereocenters. The van der Waals surface area contributed by atoms with E-state index in [4.69, 9.17) is 4.74 Å². The highest BCUT2D eigenvalue weighted by atomic mass is 16.5. The van der Waals surface area contributed by atoms with Gasteiger partial charge in [-0.15, -0.1) is 5.10 Å². The van der Waals surface area contributed by atoms with E-state index in [1.165, 1.54) is 0 Å². The van der Waals surface area contributed by atoms with Gasteiger partial charge in [0.15, 0.2) is 5.65 Å². The van der Waals surface area contributed by atoms with Gasteiger partial charge in [0.1, 0.15) is 5.56 Å². The van der Waals surface area contributed by atoms with Crippen molar-refractivity contribution < 1.29 is 9.53 Å². The molecule has 3 rings (SSSR count). The minimum Gasteiger partial charge on any atom is -0.462 e. The van der Waals surface area contributed by atoms with Crippen LogP contribution >= 0.6 is 0 Å². The number of nitrogens with zero attached hydrogens (tertiary/aromatic N) is 5. The summed E-state index contributed by atoms with van der Waals surface area (Å²) < 4.78 is 7.14. The van der Waals surface area contributed by atoms with E-state index in [0.29, 0.717) is 11.4 Å². The molecule has 0 amide bonds. The van der Waals surface area contributed by atoms with Crippen LogP contribution in [0.5, 0.6) is 0 Å². The van der Waals surface area contributed by atoms with Crippen molar-refractivity contribution in [3.8, 4) is 5.69 Å². The lowest BCUT2D eigenvalue weighted by atomic mass is 10.2. The van der Waals surface area contributed by atoms with Crippen molar-refractivity contribution in [1.82, 2.24) is 24.6 Å². The third kappa shape index (κ3) is 2.14. The van der Waals surface area contributed by atoms with Gasteiger partial charge in [-0.05, 0) is 26.0 Å². The summed E-state index contributed by atoms with van der Waals surface area (Å²) >= 11 is 0. The number of fused-ring (bicyclic) bond motifs is 1. The molecule has 0 bridgehead atoms. The molecule has 0 saturated carbocycles. The largest absolute Gasteiger partial charge is 0.462 e. The number of aryl methyl sites for hydroxylation is 1. The van der Waals surface area contributed by atoms with Crippen molar-refractivity contribution in [2.45, 2.75) is 13.8 Å². The van der Waals surface area contributed by atoms with Gasteiger partial charge in [0.05, 0.1) is 18.0 Å². The second-order valence-electron chi connectivity index (χ2n) is 4.54. The summed E-state index contributed by atoms with van der Waals surface area (Å²) in [6, 6.07) is 8.85. The molecule has 0 aliphatic heterocycles. The smallest absolute Gasteiger partial charge is 0.373 e. The van der Waals surface area contributed by atoms with Crippen LogP contribution in [0.15, 0.2) is 35.1 Å². The van der Waals surface area contributed by atoms with Gasteiger partial charge < -0.3 is 4.74 Å². The summed E-state index contributed by atoms with van der Waals surface area (Å²) in [5.41, 5.74) is 0.679. The molecule has 2 heterocycles. The zero-order valence-corrected chi connectivity index (χ0v) is 12.1. The summed E-state index contributed by atoms with van der Waals surface area (Å²) in [5, 5.41) is 11.9. The molecule has 0 radical (unpaired) electrons. The summed E-state index contributed by atoms with van der Waals surface area (Å²) in [6.07, 6.45) is 0. The van der Waals surface area contributed by atoms with E-state index in [0.717, 1.165) is 9.20 Å². The summed E-state index contributed by atoms with van der Waals surface area (Å²) in [7, 11) is 0. The number of para-hydroxylation sites is 1. The van der Waals surface area contributed by atoms with Gasteiger partial charge in [-0.3, -0.25) is 0 Å². The highest BCUT2D eigenvalue weighted by Crippen LogP contribution is 2.12. The van der Waals surface area contributed by atoms with Gasteiger partial charge in [0, 0.05) is 0 Å². The summed E-state index contributed by atoms with van der Waals surface area (Å²) in [5.74, 6) is -0.568. The van der Waals surface area contributed by atoms with Crippen LogP contribution in [0.1, 0.15) is 23.0 Å². The normalized spacial score (nSPS) is 10.8. The molecule has 0 aliphatic rings. The van der Waals surface area contributed by atoms with E-state index >= 15 is 0 Å². The molecule has 8 nitrogen and oxygen atoms in total. The molecule has 0 fully saturated rings. The maximum atomic E-state index is 12.5. The third-order valence-electron chi connectivity index (χ3n) is 3.11. The molecule has 0 N–H and O–H groups in total. The van der Waals surface area contributed by atoms with Gasteiger partial charge >= 0.3 is 11.7 Å². The molecule has 0 spiro atoms. The van der Waals surface area contributed by atoms with E-state index in [-0.39, 0.29) is 17.8 Å². The number of aromatic nitrogens is 5. The molecule has 1 aromatic carbocycles. The number of benzene rings is 1. The molecule has 2 aromatic heterocycles. The van der Waals surface area contributed by atoms with Crippen molar-refractivity contribution in [2.24, 2.45) is 0 Å². The highest BCUT2D eigenvalue weighted by molar-refractivity contribution is 5.96. The van der Waals surface area contributed by atoms with Crippen LogP contribution in [-0.4, -0.2) is 37.2 Å². The fourth-order valence-electron chi connectivity index (χ4n) is 2.13. The van der Waals surface area contributed by atoms with E-state index in [2.05, 4.69) is 15.4 Å². The van der Waals surface area contributed by atoms with Gasteiger partial charge in [-0.1, -0.05) is 23.4 Å². The molecule has 0 aliphatic carbocycles. The molecule has 112 valence electrons. The molecular formula is C14H13N5O3. The minimum absolute atomic E-state index is 0.0909. The Labute approximate surface area is 124 Å². The molecule has 22 heavy (non-hydrogen) atoms. The summed E-state index contributed by atoms with van der Waals surface area (Å²) in [6.45, 7) is 3.55. The molecule has 8 heteroatoms. The fourth-order valence-corrected chi connectivity index (χ4v) is 2.13. The van der Waals surface area contributed by atoms with Crippen LogP contribution < -0.4 is 5.69 Å². The van der Waals surface area contributed by atoms with Crippen molar-refractivity contribution in [1.29, 1.82) is 0 Å². The fraction of sp³-hybridized carbons (Fsp3) is 0.214. The predicted molar refractivity (Wildman–Crippen MR) is 77.1 cm³/mol. The first-order valence-corrected chi connectivity index (χ1v) is 6.71. The number of carbonyl (C=O) groups is 1. The molecule has 0 unspecified atom stereocenters. The van der Waals surface area contributed by atoms with Crippen LogP contribution in [0.4, 0.5) is 0 Å². The minimum atomic E-state index is -0.568. The Hall–Kier alpha value is -3.03. The Morgan fingerprint density at radius 1 is 1.27 bits per heavy atom. The van der Waals surface area contributed by atoms with Crippen LogP contribution in [0.2, 0.25) is 0 Å². The maximum absolute atomic E-state index is 12.5. The Morgan fingerprint density at radius 2 is 2.00 bits per heavy atom. The second-order valence-corrected chi connectivity index (χ2v) is 4.54. The van der Waals surface area contributed by atoms with Crippen molar-refractivity contribution in [2.75, 3.05) is 6.61 Å². The van der Waals surface area contributed by atoms with E-state index in [1.54, 1.807) is 38.1 Å². The Bertz CT molecular complexity index is 898. The summed E-state index contributed by atoms with van der Waals surface area (Å²) in [4.78, 5) is 24.4. The standard InChI is InChI=1S/C14H13N5O3/c1-3-22-13(20)11-9(2)16-19-12(11)15-17-18(14(19)21)10-7-5-4-6-8-10/h4-8H,3H2,1-2H3. The van der Waals surface area contributed by atoms with Gasteiger partial charge in [-0.25, -0.2) is 9.59 Å². The van der Waals surface area contributed by atoms with E-state index in [1.807, 2.05) is 6.07 Å². The molecular weight excluding hydrogens is 286 g/mol. The van der Waals surface area contributed by atoms with Crippen LogP contribution in [0, 0.1) is 6.92 Å². The first kappa shape index (κ1) is 13.9. The Balaban J connectivity index is 2.22. The van der Waals surface area contributed by atoms with Gasteiger partial charge in [-0.2, -0.15) is 14.3 Å². The number of hydrogen-bond donors (Lipinski definition) is 0. The average Bonchev–Trinajstić information content (AvgIpc) is 2.86. The lowest BCUT2D eigenvalue weighted by molar-refractivity contribution is 0.0527. The quantitative estimate of drug-likeness (QED) is 0.663. The monoisotopic (exact) mass is 299 g/mol. The van der Waals surface area contributed by atoms with Crippen LogP contribution in [-0.2, 0) is 4.74 Å². The second kappa shape index (κ2) is 5.40. The Kier molecular flexibility index (Phi) is 3.42. The van der Waals surface area contributed by atoms with Crippen molar-refractivity contribution in [3.63, 3.8) is 0 Å². The van der Waals surface area contributed by atoms with Gasteiger partial charge in [0.25, 0.3) is 0 Å². The highest BCUT2D eigenvalue weighted by Gasteiger charge is 2.22. The molecule has 0 saturated heterocycles. The maximum Gasteiger partial charge on any atom is 0.373 e. The third-order valence-corrected chi connectivity index (χ3v) is 3.11. The lowest BCUT2D eigenvalue weighted by Crippen LogP contribution is -2.29. The Morgan fingerprint density at radius 3 is 2.68 bits per heavy atom. The lowest BCUT2D eigenvalue weighted by Gasteiger charge is -2.03. The number of carbonyl (C=O) groups excluding carboxylic acids is 1. The zero-order valence-electron chi connectivity index (χ0n) is 12.1. The van der Waals surface area contributed by atoms with Crippen LogP contribution in [0.25, 0.3) is 11.3 Å². The molecule has 3 aromatic rings. The SMILES string of the molecule is CCOC(=O)c1c(C)nn2c(=O)n(-c3ccccc3)nnc12. The van der Waals surface area contributed by atoms with Crippen molar-refractivity contribution in [3.05, 3.63) is 52.1 Å². The van der Waals surface area contributed by atoms with Gasteiger partial charge in [0.2, 0.25) is 0 Å². The number of hydrogen-bond acceptors (Lipinski definition) is 6.